The molecule has 18 heavy (non-hydrogen) atoms. The van der Waals surface area contributed by atoms with Crippen molar-refractivity contribution in [2.45, 2.75) is 26.7 Å². The molecule has 1 N–H and O–H groups in total. The first-order valence-electron chi connectivity index (χ1n) is 5.78. The molecule has 1 heterocycles. The van der Waals surface area contributed by atoms with Gasteiger partial charge >= 0.3 is 5.97 Å². The molecular weight excluding hydrogens is 234 g/mol. The van der Waals surface area contributed by atoms with Gasteiger partial charge in [0, 0.05) is 19.2 Å². The number of rotatable bonds is 5. The van der Waals surface area contributed by atoms with Gasteiger partial charge in [-0.3, -0.25) is 14.3 Å². The largest absolute Gasteiger partial charge is 0.468 e. The predicted molar refractivity (Wildman–Crippen MR) is 66.0 cm³/mol. The van der Waals surface area contributed by atoms with E-state index in [2.05, 4.69) is 15.2 Å². The van der Waals surface area contributed by atoms with E-state index < -0.39 is 5.97 Å². The van der Waals surface area contributed by atoms with Crippen molar-refractivity contribution in [3.63, 3.8) is 0 Å². The molecule has 0 unspecified atom stereocenters. The number of amides is 1. The fourth-order valence-corrected chi connectivity index (χ4v) is 1.75. The number of aryl methyl sites for hydroxylation is 2. The molecule has 0 fully saturated rings. The van der Waals surface area contributed by atoms with Gasteiger partial charge in [0.15, 0.2) is 0 Å². The smallest absolute Gasteiger partial charge is 0.325 e. The average Bonchev–Trinajstić information content (AvgIpc) is 2.58. The van der Waals surface area contributed by atoms with Crippen LogP contribution in [-0.4, -0.2) is 35.3 Å². The molecule has 0 bridgehead atoms. The Bertz CT molecular complexity index is 452. The summed E-state index contributed by atoms with van der Waals surface area (Å²) in [4.78, 5) is 22.4. The van der Waals surface area contributed by atoms with Crippen LogP contribution in [0.25, 0.3) is 0 Å². The predicted octanol–water partition coefficient (Wildman–Crippen LogP) is 0.259. The second kappa shape index (κ2) is 6.18. The molecule has 0 aliphatic rings. The summed E-state index contributed by atoms with van der Waals surface area (Å²) >= 11 is 0. The lowest BCUT2D eigenvalue weighted by Gasteiger charge is -2.04. The number of aromatic nitrogens is 2. The van der Waals surface area contributed by atoms with Gasteiger partial charge in [-0.15, -0.1) is 0 Å². The lowest BCUT2D eigenvalue weighted by molar-refractivity contribution is -0.141. The molecule has 100 valence electrons. The van der Waals surface area contributed by atoms with Crippen LogP contribution in [0.2, 0.25) is 0 Å². The minimum absolute atomic E-state index is 0.0830. The Morgan fingerprint density at radius 2 is 2.06 bits per heavy atom. The monoisotopic (exact) mass is 253 g/mol. The van der Waals surface area contributed by atoms with Crippen LogP contribution < -0.4 is 5.32 Å². The highest BCUT2D eigenvalue weighted by Crippen LogP contribution is 2.13. The molecule has 0 aromatic carbocycles. The van der Waals surface area contributed by atoms with E-state index in [1.807, 2.05) is 20.9 Å². The van der Waals surface area contributed by atoms with Crippen LogP contribution >= 0.6 is 0 Å². The van der Waals surface area contributed by atoms with Crippen molar-refractivity contribution < 1.29 is 14.3 Å². The lowest BCUT2D eigenvalue weighted by atomic mass is 10.1. The molecule has 1 amide bonds. The summed E-state index contributed by atoms with van der Waals surface area (Å²) in [5.74, 6) is -0.611. The van der Waals surface area contributed by atoms with E-state index in [4.69, 9.17) is 0 Å². The van der Waals surface area contributed by atoms with Crippen LogP contribution in [0.15, 0.2) is 0 Å². The quantitative estimate of drug-likeness (QED) is 0.764. The minimum Gasteiger partial charge on any atom is -0.468 e. The molecule has 6 nitrogen and oxygen atoms in total. The van der Waals surface area contributed by atoms with Gasteiger partial charge in [0.05, 0.1) is 12.8 Å². The van der Waals surface area contributed by atoms with Gasteiger partial charge in [0.25, 0.3) is 0 Å². The van der Waals surface area contributed by atoms with Crippen molar-refractivity contribution in [2.24, 2.45) is 7.05 Å². The Kier molecular flexibility index (Phi) is 4.88. The number of carbonyl (C=O) groups is 2. The number of hydrogen-bond acceptors (Lipinski definition) is 4. The number of nitrogens with one attached hydrogen (secondary N) is 1. The van der Waals surface area contributed by atoms with Crippen molar-refractivity contribution in [3.8, 4) is 0 Å². The summed E-state index contributed by atoms with van der Waals surface area (Å²) in [6, 6.07) is 0. The summed E-state index contributed by atoms with van der Waals surface area (Å²) in [6.45, 7) is 3.82. The summed E-state index contributed by atoms with van der Waals surface area (Å²) in [5, 5.41) is 6.80. The third-order valence-corrected chi connectivity index (χ3v) is 2.92. The number of hydrogen-bond donors (Lipinski definition) is 1. The van der Waals surface area contributed by atoms with E-state index in [9.17, 15) is 9.59 Å². The Balaban J connectivity index is 2.45. The number of ether oxygens (including phenoxy) is 1. The average molecular weight is 253 g/mol. The van der Waals surface area contributed by atoms with Gasteiger partial charge in [0.2, 0.25) is 5.91 Å². The molecule has 0 atom stereocenters. The van der Waals surface area contributed by atoms with Crippen LogP contribution in [-0.2, 0) is 27.8 Å². The van der Waals surface area contributed by atoms with Gasteiger partial charge in [-0.2, -0.15) is 5.10 Å². The maximum absolute atomic E-state index is 11.5. The second-order valence-electron chi connectivity index (χ2n) is 4.13. The first kappa shape index (κ1) is 14.2. The van der Waals surface area contributed by atoms with E-state index in [1.165, 1.54) is 7.11 Å². The fourth-order valence-electron chi connectivity index (χ4n) is 1.75. The van der Waals surface area contributed by atoms with E-state index in [0.29, 0.717) is 12.8 Å². The lowest BCUT2D eigenvalue weighted by Crippen LogP contribution is -2.30. The fraction of sp³-hybridized carbons (Fsp3) is 0.583. The third kappa shape index (κ3) is 3.58. The van der Waals surface area contributed by atoms with Crippen molar-refractivity contribution in [1.82, 2.24) is 15.1 Å². The van der Waals surface area contributed by atoms with Gasteiger partial charge in [0.1, 0.15) is 6.54 Å². The Labute approximate surface area is 106 Å². The topological polar surface area (TPSA) is 73.2 Å². The van der Waals surface area contributed by atoms with Crippen LogP contribution in [0, 0.1) is 13.8 Å². The standard InChI is InChI=1S/C12H19N3O3/c1-8-10(9(2)15(3)14-8)5-6-11(16)13-7-12(17)18-4/h5-7H2,1-4H3,(H,13,16). The van der Waals surface area contributed by atoms with E-state index in [-0.39, 0.29) is 12.5 Å². The molecule has 1 aromatic heterocycles. The maximum atomic E-state index is 11.5. The van der Waals surface area contributed by atoms with Crippen molar-refractivity contribution in [2.75, 3.05) is 13.7 Å². The van der Waals surface area contributed by atoms with Crippen LogP contribution in [0.1, 0.15) is 23.4 Å². The van der Waals surface area contributed by atoms with Crippen molar-refractivity contribution in [3.05, 3.63) is 17.0 Å². The zero-order valence-electron chi connectivity index (χ0n) is 11.2. The Hall–Kier alpha value is -1.85. The second-order valence-corrected chi connectivity index (χ2v) is 4.13. The number of nitrogens with zero attached hydrogens (tertiary/aromatic N) is 2. The van der Waals surface area contributed by atoms with Crippen molar-refractivity contribution >= 4 is 11.9 Å². The number of esters is 1. The van der Waals surface area contributed by atoms with Gasteiger partial charge in [-0.05, 0) is 25.8 Å². The van der Waals surface area contributed by atoms with Crippen LogP contribution in [0.5, 0.6) is 0 Å². The molecule has 0 spiro atoms. The normalized spacial score (nSPS) is 10.2. The zero-order valence-corrected chi connectivity index (χ0v) is 11.2. The minimum atomic E-state index is -0.447. The number of carbonyl (C=O) groups excluding carboxylic acids is 2. The molecule has 6 heteroatoms. The molecule has 0 radical (unpaired) electrons. The summed E-state index contributed by atoms with van der Waals surface area (Å²) in [6.07, 6.45) is 0.961. The first-order chi connectivity index (χ1) is 8.45. The molecule has 1 aromatic rings. The highest BCUT2D eigenvalue weighted by Gasteiger charge is 2.11. The summed E-state index contributed by atoms with van der Waals surface area (Å²) < 4.78 is 6.24. The van der Waals surface area contributed by atoms with Crippen molar-refractivity contribution in [1.29, 1.82) is 0 Å². The Morgan fingerprint density at radius 1 is 1.39 bits per heavy atom. The molecule has 0 aliphatic carbocycles. The molecule has 0 saturated carbocycles. The van der Waals surface area contributed by atoms with E-state index >= 15 is 0 Å². The molecular formula is C12H19N3O3. The molecule has 0 saturated heterocycles. The number of methoxy groups -OCH3 is 1. The molecule has 1 rings (SSSR count). The molecule has 0 aliphatic heterocycles. The maximum Gasteiger partial charge on any atom is 0.325 e. The zero-order chi connectivity index (χ0) is 13.7. The highest BCUT2D eigenvalue weighted by atomic mass is 16.5. The summed E-state index contributed by atoms with van der Waals surface area (Å²) in [7, 11) is 3.17. The van der Waals surface area contributed by atoms with Crippen LogP contribution in [0.4, 0.5) is 0 Å². The van der Waals surface area contributed by atoms with E-state index in [1.54, 1.807) is 4.68 Å². The van der Waals surface area contributed by atoms with Gasteiger partial charge in [-0.25, -0.2) is 0 Å². The summed E-state index contributed by atoms with van der Waals surface area (Å²) in [5.41, 5.74) is 3.09. The third-order valence-electron chi connectivity index (χ3n) is 2.92. The SMILES string of the molecule is COC(=O)CNC(=O)CCc1c(C)nn(C)c1C. The van der Waals surface area contributed by atoms with Gasteiger partial charge < -0.3 is 10.1 Å². The Morgan fingerprint density at radius 3 is 2.56 bits per heavy atom. The van der Waals surface area contributed by atoms with Crippen LogP contribution in [0.3, 0.4) is 0 Å². The van der Waals surface area contributed by atoms with Gasteiger partial charge in [-0.1, -0.05) is 0 Å². The van der Waals surface area contributed by atoms with E-state index in [0.717, 1.165) is 17.0 Å². The highest BCUT2D eigenvalue weighted by molar-refractivity contribution is 5.81. The first-order valence-corrected chi connectivity index (χ1v) is 5.78.